The van der Waals surface area contributed by atoms with E-state index < -0.39 is 22.3 Å². The lowest BCUT2D eigenvalue weighted by Gasteiger charge is -2.20. The van der Waals surface area contributed by atoms with E-state index in [0.29, 0.717) is 13.0 Å². The number of aliphatic hydroxyl groups excluding tert-OH is 1. The molecule has 1 aromatic carbocycles. The van der Waals surface area contributed by atoms with Crippen molar-refractivity contribution in [3.05, 3.63) is 39.7 Å². The number of hydrogen-bond acceptors (Lipinski definition) is 4. The Bertz CT molecular complexity index is 479. The molecule has 1 N–H and O–H groups in total. The second-order valence-electron chi connectivity index (χ2n) is 3.88. The number of carbonyl (C=O) groups excluding carboxylic acids is 1. The summed E-state index contributed by atoms with van der Waals surface area (Å²) in [6.07, 6.45) is 0.364. The minimum absolute atomic E-state index is 0.0883. The Balaban J connectivity index is 3.09. The van der Waals surface area contributed by atoms with E-state index in [0.717, 1.165) is 18.2 Å². The first-order chi connectivity index (χ1) is 9.01. The van der Waals surface area contributed by atoms with Crippen LogP contribution >= 0.6 is 0 Å². The van der Waals surface area contributed by atoms with Crippen LogP contribution in [0.3, 0.4) is 0 Å². The van der Waals surface area contributed by atoms with Crippen molar-refractivity contribution in [3.8, 4) is 0 Å². The van der Waals surface area contributed by atoms with Crippen LogP contribution < -0.4 is 0 Å². The molecule has 0 atom stereocenters. The van der Waals surface area contributed by atoms with Crippen LogP contribution in [0, 0.1) is 15.9 Å². The molecule has 1 aromatic rings. The molecule has 7 heteroatoms. The summed E-state index contributed by atoms with van der Waals surface area (Å²) in [4.78, 5) is 23.6. The van der Waals surface area contributed by atoms with Crippen LogP contribution in [0.4, 0.5) is 10.1 Å². The largest absolute Gasteiger partial charge is 0.396 e. The molecule has 0 aliphatic carbocycles. The van der Waals surface area contributed by atoms with Gasteiger partial charge in [-0.1, -0.05) is 0 Å². The van der Waals surface area contributed by atoms with Gasteiger partial charge in [0.15, 0.2) is 0 Å². The fourth-order valence-corrected chi connectivity index (χ4v) is 1.67. The molecule has 6 nitrogen and oxygen atoms in total. The zero-order chi connectivity index (χ0) is 14.4. The zero-order valence-electron chi connectivity index (χ0n) is 10.5. The Hall–Kier alpha value is -2.02. The topological polar surface area (TPSA) is 83.7 Å². The summed E-state index contributed by atoms with van der Waals surface area (Å²) in [5.74, 6) is -1.31. The molecule has 1 amide bonds. The van der Waals surface area contributed by atoms with Gasteiger partial charge < -0.3 is 10.0 Å². The third-order valence-corrected chi connectivity index (χ3v) is 2.64. The molecule has 0 spiro atoms. The van der Waals surface area contributed by atoms with Gasteiger partial charge >= 0.3 is 0 Å². The first-order valence-corrected chi connectivity index (χ1v) is 5.85. The van der Waals surface area contributed by atoms with Crippen LogP contribution in [0.1, 0.15) is 23.7 Å². The van der Waals surface area contributed by atoms with Crippen LogP contribution in [0.25, 0.3) is 0 Å². The molecule has 0 bridgehead atoms. The van der Waals surface area contributed by atoms with Crippen molar-refractivity contribution in [1.29, 1.82) is 0 Å². The standard InChI is InChI=1S/C12H15FN2O4/c1-2-14(6-3-7-16)12(17)10-8-9(13)4-5-11(10)15(18)19/h4-5,8,16H,2-3,6-7H2,1H3. The van der Waals surface area contributed by atoms with E-state index in [1.165, 1.54) is 4.90 Å². The minimum atomic E-state index is -0.716. The Morgan fingerprint density at radius 3 is 2.74 bits per heavy atom. The predicted octanol–water partition coefficient (Wildman–Crippen LogP) is 1.58. The maximum Gasteiger partial charge on any atom is 0.282 e. The number of aliphatic hydroxyl groups is 1. The number of halogens is 1. The number of nitrogens with zero attached hydrogens (tertiary/aromatic N) is 2. The Morgan fingerprint density at radius 2 is 2.21 bits per heavy atom. The maximum absolute atomic E-state index is 13.2. The molecule has 19 heavy (non-hydrogen) atoms. The predicted molar refractivity (Wildman–Crippen MR) is 66.3 cm³/mol. The molecule has 104 valence electrons. The van der Waals surface area contributed by atoms with Gasteiger partial charge in [0.2, 0.25) is 0 Å². The van der Waals surface area contributed by atoms with Crippen molar-refractivity contribution < 1.29 is 19.2 Å². The number of nitro benzene ring substituents is 1. The second-order valence-corrected chi connectivity index (χ2v) is 3.88. The molecule has 0 radical (unpaired) electrons. The van der Waals surface area contributed by atoms with Gasteiger partial charge in [-0.05, 0) is 25.5 Å². The molecule has 0 heterocycles. The van der Waals surface area contributed by atoms with Crippen molar-refractivity contribution in [3.63, 3.8) is 0 Å². The Morgan fingerprint density at radius 1 is 1.53 bits per heavy atom. The van der Waals surface area contributed by atoms with E-state index >= 15 is 0 Å². The summed E-state index contributed by atoms with van der Waals surface area (Å²) in [6.45, 7) is 2.21. The fourth-order valence-electron chi connectivity index (χ4n) is 1.67. The first kappa shape index (κ1) is 15.0. The van der Waals surface area contributed by atoms with Gasteiger partial charge in [0.1, 0.15) is 11.4 Å². The number of rotatable bonds is 6. The SMILES string of the molecule is CCN(CCCO)C(=O)c1cc(F)ccc1[N+](=O)[O-]. The van der Waals surface area contributed by atoms with Crippen LogP contribution in [0.5, 0.6) is 0 Å². The maximum atomic E-state index is 13.2. The molecule has 0 fully saturated rings. The molecule has 1 rings (SSSR count). The quantitative estimate of drug-likeness (QED) is 0.628. The van der Waals surface area contributed by atoms with Crippen molar-refractivity contribution >= 4 is 11.6 Å². The average molecular weight is 270 g/mol. The normalized spacial score (nSPS) is 10.3. The van der Waals surface area contributed by atoms with Gasteiger partial charge in [-0.2, -0.15) is 0 Å². The summed E-state index contributed by atoms with van der Waals surface area (Å²) in [5.41, 5.74) is -0.696. The molecule has 0 saturated heterocycles. The summed E-state index contributed by atoms with van der Waals surface area (Å²) >= 11 is 0. The van der Waals surface area contributed by atoms with Crippen LogP contribution in [0.15, 0.2) is 18.2 Å². The number of hydrogen-bond donors (Lipinski definition) is 1. The van der Waals surface area contributed by atoms with E-state index in [1.807, 2.05) is 0 Å². The van der Waals surface area contributed by atoms with Gasteiger partial charge in [-0.15, -0.1) is 0 Å². The van der Waals surface area contributed by atoms with Crippen LogP contribution in [-0.4, -0.2) is 40.5 Å². The lowest BCUT2D eigenvalue weighted by atomic mass is 10.1. The third-order valence-electron chi connectivity index (χ3n) is 2.64. The monoisotopic (exact) mass is 270 g/mol. The highest BCUT2D eigenvalue weighted by molar-refractivity contribution is 5.98. The van der Waals surface area contributed by atoms with Crippen LogP contribution in [-0.2, 0) is 0 Å². The lowest BCUT2D eigenvalue weighted by Crippen LogP contribution is -2.32. The van der Waals surface area contributed by atoms with E-state index in [-0.39, 0.29) is 18.7 Å². The van der Waals surface area contributed by atoms with Gasteiger partial charge in [-0.3, -0.25) is 14.9 Å². The second kappa shape index (κ2) is 6.79. The fraction of sp³-hybridized carbons (Fsp3) is 0.417. The van der Waals surface area contributed by atoms with E-state index in [2.05, 4.69) is 0 Å². The molecule has 0 unspecified atom stereocenters. The van der Waals surface area contributed by atoms with Crippen LogP contribution in [0.2, 0.25) is 0 Å². The van der Waals surface area contributed by atoms with Gasteiger partial charge in [0, 0.05) is 25.8 Å². The molecule has 0 aliphatic rings. The van der Waals surface area contributed by atoms with Gasteiger partial charge in [0.05, 0.1) is 4.92 Å². The minimum Gasteiger partial charge on any atom is -0.396 e. The highest BCUT2D eigenvalue weighted by Crippen LogP contribution is 2.21. The summed E-state index contributed by atoms with van der Waals surface area (Å²) in [5, 5.41) is 19.6. The smallest absolute Gasteiger partial charge is 0.282 e. The Kier molecular flexibility index (Phi) is 5.37. The average Bonchev–Trinajstić information content (AvgIpc) is 2.38. The first-order valence-electron chi connectivity index (χ1n) is 5.85. The number of amides is 1. The highest BCUT2D eigenvalue weighted by atomic mass is 19.1. The molecule has 0 saturated carbocycles. The van der Waals surface area contributed by atoms with Gasteiger partial charge in [0.25, 0.3) is 11.6 Å². The van der Waals surface area contributed by atoms with Crippen molar-refractivity contribution in [2.75, 3.05) is 19.7 Å². The van der Waals surface area contributed by atoms with Gasteiger partial charge in [-0.25, -0.2) is 4.39 Å². The Labute approximate surface area is 109 Å². The summed E-state index contributed by atoms with van der Waals surface area (Å²) in [6, 6.07) is 2.78. The zero-order valence-corrected chi connectivity index (χ0v) is 10.5. The molecule has 0 aliphatic heterocycles. The highest BCUT2D eigenvalue weighted by Gasteiger charge is 2.24. The van der Waals surface area contributed by atoms with Crippen molar-refractivity contribution in [1.82, 2.24) is 4.90 Å². The summed E-state index contributed by atoms with van der Waals surface area (Å²) in [7, 11) is 0. The van der Waals surface area contributed by atoms with E-state index in [1.54, 1.807) is 6.92 Å². The number of nitro groups is 1. The van der Waals surface area contributed by atoms with E-state index in [4.69, 9.17) is 5.11 Å². The molecular weight excluding hydrogens is 255 g/mol. The molecular formula is C12H15FN2O4. The number of carbonyl (C=O) groups is 1. The molecule has 0 aromatic heterocycles. The summed E-state index contributed by atoms with van der Waals surface area (Å²) < 4.78 is 13.2. The number of benzene rings is 1. The van der Waals surface area contributed by atoms with E-state index in [9.17, 15) is 19.3 Å². The third kappa shape index (κ3) is 3.72. The lowest BCUT2D eigenvalue weighted by molar-refractivity contribution is -0.385. The van der Waals surface area contributed by atoms with Crippen molar-refractivity contribution in [2.45, 2.75) is 13.3 Å². The van der Waals surface area contributed by atoms with Crippen molar-refractivity contribution in [2.24, 2.45) is 0 Å².